The van der Waals surface area contributed by atoms with Crippen molar-refractivity contribution < 1.29 is 50.1 Å². The number of hydrogen-bond acceptors (Lipinski definition) is 4. The Morgan fingerprint density at radius 1 is 0.700 bits per heavy atom. The molecular weight excluding hydrogens is 305 g/mol. The maximum Gasteiger partial charge on any atom is 0.462 e. The second-order valence-corrected chi connectivity index (χ2v) is 3.39. The highest BCUT2D eigenvalue weighted by molar-refractivity contribution is 4.84. The van der Waals surface area contributed by atoms with Gasteiger partial charge in [-0.3, -0.25) is 0 Å². The zero-order chi connectivity index (χ0) is 15.9. The van der Waals surface area contributed by atoms with Crippen molar-refractivity contribution in [3.05, 3.63) is 0 Å². The van der Waals surface area contributed by atoms with Crippen LogP contribution in [0.3, 0.4) is 0 Å². The van der Waals surface area contributed by atoms with Crippen LogP contribution in [0, 0.1) is 0 Å². The van der Waals surface area contributed by atoms with Gasteiger partial charge in [0.1, 0.15) is 0 Å². The Labute approximate surface area is 109 Å². The average molecular weight is 318 g/mol. The van der Waals surface area contributed by atoms with Gasteiger partial charge in [-0.05, 0) is 0 Å². The molecule has 122 valence electrons. The SMILES string of the molecule is OCCOCCOCCOC(F)(F)C(F)(F)C(F)(F)F. The van der Waals surface area contributed by atoms with E-state index in [0.29, 0.717) is 0 Å². The molecule has 0 amide bonds. The number of alkyl halides is 7. The monoisotopic (exact) mass is 318 g/mol. The van der Waals surface area contributed by atoms with E-state index in [1.807, 2.05) is 0 Å². The highest BCUT2D eigenvalue weighted by Gasteiger charge is 2.74. The summed E-state index contributed by atoms with van der Waals surface area (Å²) < 4.78 is 97.4. The predicted molar refractivity (Wildman–Crippen MR) is 50.6 cm³/mol. The molecule has 0 radical (unpaired) electrons. The molecular formula is C9H13F7O4. The van der Waals surface area contributed by atoms with Crippen LogP contribution in [0.25, 0.3) is 0 Å². The van der Waals surface area contributed by atoms with E-state index in [1.54, 1.807) is 0 Å². The first kappa shape index (κ1) is 19.4. The Kier molecular flexibility index (Phi) is 7.70. The Hall–Kier alpha value is -0.650. The summed E-state index contributed by atoms with van der Waals surface area (Å²) in [4.78, 5) is 0. The molecule has 0 rings (SSSR count). The molecule has 0 aromatic carbocycles. The van der Waals surface area contributed by atoms with E-state index in [2.05, 4.69) is 9.47 Å². The third kappa shape index (κ3) is 5.77. The fraction of sp³-hybridized carbons (Fsp3) is 1.00. The lowest BCUT2D eigenvalue weighted by Crippen LogP contribution is -2.53. The highest BCUT2D eigenvalue weighted by atomic mass is 19.4. The van der Waals surface area contributed by atoms with Gasteiger partial charge < -0.3 is 19.3 Å². The zero-order valence-electron chi connectivity index (χ0n) is 10.1. The number of hydrogen-bond donors (Lipinski definition) is 1. The molecule has 0 saturated heterocycles. The van der Waals surface area contributed by atoms with Gasteiger partial charge in [-0.2, -0.15) is 30.7 Å². The molecule has 20 heavy (non-hydrogen) atoms. The third-order valence-electron chi connectivity index (χ3n) is 1.84. The molecule has 1 N–H and O–H groups in total. The van der Waals surface area contributed by atoms with Gasteiger partial charge in [0.05, 0.1) is 39.6 Å². The van der Waals surface area contributed by atoms with Gasteiger partial charge in [-0.15, -0.1) is 0 Å². The van der Waals surface area contributed by atoms with Crippen molar-refractivity contribution in [3.8, 4) is 0 Å². The molecule has 0 unspecified atom stereocenters. The molecule has 0 saturated carbocycles. The molecule has 0 heterocycles. The van der Waals surface area contributed by atoms with E-state index in [0.717, 1.165) is 0 Å². The standard InChI is InChI=1S/C9H13F7O4/c10-7(11,8(12,13)14)9(15,16)20-6-5-19-4-3-18-2-1-17/h17H,1-6H2. The summed E-state index contributed by atoms with van der Waals surface area (Å²) in [6.07, 6.45) is -12.1. The second-order valence-electron chi connectivity index (χ2n) is 3.39. The van der Waals surface area contributed by atoms with Crippen molar-refractivity contribution in [1.29, 1.82) is 0 Å². The van der Waals surface area contributed by atoms with E-state index in [1.165, 1.54) is 0 Å². The summed E-state index contributed by atoms with van der Waals surface area (Å²) in [6, 6.07) is 0. The molecule has 0 aliphatic carbocycles. The van der Waals surface area contributed by atoms with Crippen LogP contribution < -0.4 is 0 Å². The Morgan fingerprint density at radius 3 is 1.60 bits per heavy atom. The Bertz CT molecular complexity index is 270. The molecule has 0 bridgehead atoms. The van der Waals surface area contributed by atoms with Gasteiger partial charge in [-0.25, -0.2) is 0 Å². The molecule has 0 atom stereocenters. The summed E-state index contributed by atoms with van der Waals surface area (Å²) in [6.45, 7) is -2.11. The number of aliphatic hydroxyl groups is 1. The summed E-state index contributed by atoms with van der Waals surface area (Å²) in [5.74, 6) is -6.29. The van der Waals surface area contributed by atoms with Crippen molar-refractivity contribution in [2.24, 2.45) is 0 Å². The van der Waals surface area contributed by atoms with Crippen LogP contribution in [0.5, 0.6) is 0 Å². The Balaban J connectivity index is 3.94. The lowest BCUT2D eigenvalue weighted by atomic mass is 10.3. The van der Waals surface area contributed by atoms with E-state index in [-0.39, 0.29) is 26.4 Å². The highest BCUT2D eigenvalue weighted by Crippen LogP contribution is 2.46. The van der Waals surface area contributed by atoms with Crippen molar-refractivity contribution in [2.45, 2.75) is 18.2 Å². The minimum Gasteiger partial charge on any atom is -0.394 e. The molecule has 0 aromatic heterocycles. The molecule has 0 aliphatic heterocycles. The molecule has 11 heteroatoms. The van der Waals surface area contributed by atoms with Crippen LogP contribution in [0.2, 0.25) is 0 Å². The van der Waals surface area contributed by atoms with Gasteiger partial charge in [-0.1, -0.05) is 0 Å². The van der Waals surface area contributed by atoms with Gasteiger partial charge in [0, 0.05) is 0 Å². The first-order valence-corrected chi connectivity index (χ1v) is 5.29. The molecule has 0 fully saturated rings. The van der Waals surface area contributed by atoms with Crippen molar-refractivity contribution in [1.82, 2.24) is 0 Å². The zero-order valence-corrected chi connectivity index (χ0v) is 10.1. The van der Waals surface area contributed by atoms with Crippen molar-refractivity contribution in [2.75, 3.05) is 39.6 Å². The second kappa shape index (κ2) is 7.96. The summed E-state index contributed by atoms with van der Waals surface area (Å²) >= 11 is 0. The lowest BCUT2D eigenvalue weighted by molar-refractivity contribution is -0.424. The van der Waals surface area contributed by atoms with E-state index < -0.39 is 31.4 Å². The van der Waals surface area contributed by atoms with E-state index in [9.17, 15) is 30.7 Å². The van der Waals surface area contributed by atoms with Crippen LogP contribution in [0.15, 0.2) is 0 Å². The number of halogens is 7. The maximum absolute atomic E-state index is 12.6. The molecule has 0 aliphatic rings. The average Bonchev–Trinajstić information content (AvgIpc) is 2.31. The Morgan fingerprint density at radius 2 is 1.15 bits per heavy atom. The topological polar surface area (TPSA) is 47.9 Å². The molecule has 0 aromatic rings. The molecule has 0 spiro atoms. The lowest BCUT2D eigenvalue weighted by Gasteiger charge is -2.27. The van der Waals surface area contributed by atoms with Crippen LogP contribution in [-0.4, -0.2) is 63.0 Å². The minimum absolute atomic E-state index is 0.00430. The van der Waals surface area contributed by atoms with Gasteiger partial charge in [0.2, 0.25) is 0 Å². The summed E-state index contributed by atoms with van der Waals surface area (Å²) in [5, 5.41) is 8.31. The van der Waals surface area contributed by atoms with E-state index >= 15 is 0 Å². The predicted octanol–water partition coefficient (Wildman–Crippen LogP) is 1.82. The van der Waals surface area contributed by atoms with Gasteiger partial charge in [0.15, 0.2) is 0 Å². The van der Waals surface area contributed by atoms with Crippen LogP contribution in [0.4, 0.5) is 30.7 Å². The first-order chi connectivity index (χ1) is 9.06. The number of ether oxygens (including phenoxy) is 3. The van der Waals surface area contributed by atoms with Gasteiger partial charge in [0.25, 0.3) is 0 Å². The summed E-state index contributed by atoms with van der Waals surface area (Å²) in [7, 11) is 0. The first-order valence-electron chi connectivity index (χ1n) is 5.29. The fourth-order valence-electron chi connectivity index (χ4n) is 0.871. The van der Waals surface area contributed by atoms with E-state index in [4.69, 9.17) is 9.84 Å². The third-order valence-corrected chi connectivity index (χ3v) is 1.84. The quantitative estimate of drug-likeness (QED) is 0.493. The summed E-state index contributed by atoms with van der Waals surface area (Å²) in [5.41, 5.74) is 0. The van der Waals surface area contributed by atoms with Gasteiger partial charge >= 0.3 is 18.2 Å². The van der Waals surface area contributed by atoms with Crippen LogP contribution in [0.1, 0.15) is 0 Å². The normalized spacial score (nSPS) is 13.8. The number of aliphatic hydroxyl groups excluding tert-OH is 1. The number of rotatable bonds is 10. The fourth-order valence-corrected chi connectivity index (χ4v) is 0.871. The maximum atomic E-state index is 12.6. The van der Waals surface area contributed by atoms with Crippen molar-refractivity contribution in [3.63, 3.8) is 0 Å². The smallest absolute Gasteiger partial charge is 0.394 e. The minimum atomic E-state index is -6.42. The van der Waals surface area contributed by atoms with Crippen LogP contribution in [-0.2, 0) is 14.2 Å². The largest absolute Gasteiger partial charge is 0.462 e. The van der Waals surface area contributed by atoms with Crippen LogP contribution >= 0.6 is 0 Å². The molecule has 4 nitrogen and oxygen atoms in total. The van der Waals surface area contributed by atoms with Crippen molar-refractivity contribution >= 4 is 0 Å².